The van der Waals surface area contributed by atoms with Crippen molar-refractivity contribution in [3.05, 3.63) is 26.6 Å². The lowest BCUT2D eigenvalue weighted by molar-refractivity contribution is -0.151. The number of hydrogen-bond acceptors (Lipinski definition) is 7. The fourth-order valence-electron chi connectivity index (χ4n) is 3.69. The zero-order chi connectivity index (χ0) is 20.4. The summed E-state index contributed by atoms with van der Waals surface area (Å²) in [6, 6.07) is 0. The molecule has 1 aliphatic carbocycles. The van der Waals surface area contributed by atoms with Gasteiger partial charge in [0.2, 0.25) is 0 Å². The Morgan fingerprint density at radius 1 is 1.43 bits per heavy atom. The molecule has 2 aromatic rings. The number of hydrogen-bond donors (Lipinski definition) is 0. The van der Waals surface area contributed by atoms with E-state index in [1.165, 1.54) is 9.44 Å². The standard InChI is InChI=1S/C20H29N3O4S/c1-12-6-7-14-15(8-12)28-19-18(14)20(25)23(16(21-19)9-22(3)4)10-17(24)27-13(2)11-26-5/h12-13H,6-11H2,1-5H3. The van der Waals surface area contributed by atoms with E-state index in [9.17, 15) is 9.59 Å². The molecule has 2 aromatic heterocycles. The Bertz CT molecular complexity index is 918. The topological polar surface area (TPSA) is 73.7 Å². The largest absolute Gasteiger partial charge is 0.459 e. The molecule has 0 saturated carbocycles. The van der Waals surface area contributed by atoms with Crippen LogP contribution in [0.5, 0.6) is 0 Å². The van der Waals surface area contributed by atoms with Crippen LogP contribution in [-0.2, 0) is 40.2 Å². The molecular weight excluding hydrogens is 378 g/mol. The van der Waals surface area contributed by atoms with Crippen LogP contribution in [0.15, 0.2) is 4.79 Å². The first-order valence-corrected chi connectivity index (χ1v) is 10.5. The van der Waals surface area contributed by atoms with Gasteiger partial charge in [-0.05, 0) is 51.8 Å². The number of carbonyl (C=O) groups is 1. The maximum Gasteiger partial charge on any atom is 0.326 e. The fraction of sp³-hybridized carbons (Fsp3) is 0.650. The molecular formula is C20H29N3O4S. The second kappa shape index (κ2) is 8.71. The van der Waals surface area contributed by atoms with Gasteiger partial charge in [-0.2, -0.15) is 0 Å². The highest BCUT2D eigenvalue weighted by Gasteiger charge is 2.25. The van der Waals surface area contributed by atoms with Gasteiger partial charge in [-0.15, -0.1) is 11.3 Å². The van der Waals surface area contributed by atoms with E-state index in [1.807, 2.05) is 19.0 Å². The molecule has 7 nitrogen and oxygen atoms in total. The molecule has 0 spiro atoms. The molecule has 0 saturated heterocycles. The number of carbonyl (C=O) groups excluding carboxylic acids is 1. The van der Waals surface area contributed by atoms with E-state index in [1.54, 1.807) is 25.4 Å². The smallest absolute Gasteiger partial charge is 0.326 e. The van der Waals surface area contributed by atoms with Crippen molar-refractivity contribution in [2.75, 3.05) is 27.8 Å². The highest BCUT2D eigenvalue weighted by atomic mass is 32.1. The molecule has 1 aliphatic rings. The van der Waals surface area contributed by atoms with Crippen LogP contribution in [0.25, 0.3) is 10.2 Å². The second-order valence-corrected chi connectivity index (χ2v) is 9.03. The van der Waals surface area contributed by atoms with Crippen molar-refractivity contribution in [2.45, 2.75) is 52.3 Å². The van der Waals surface area contributed by atoms with Crippen molar-refractivity contribution in [3.63, 3.8) is 0 Å². The van der Waals surface area contributed by atoms with E-state index in [2.05, 4.69) is 6.92 Å². The lowest BCUT2D eigenvalue weighted by atomic mass is 9.89. The van der Waals surface area contributed by atoms with Crippen LogP contribution < -0.4 is 5.56 Å². The molecule has 0 fully saturated rings. The minimum Gasteiger partial charge on any atom is -0.459 e. The van der Waals surface area contributed by atoms with Gasteiger partial charge in [0.05, 0.1) is 18.5 Å². The molecule has 0 amide bonds. The third-order valence-electron chi connectivity index (χ3n) is 4.97. The van der Waals surface area contributed by atoms with E-state index in [-0.39, 0.29) is 18.2 Å². The van der Waals surface area contributed by atoms with Crippen molar-refractivity contribution in [2.24, 2.45) is 5.92 Å². The van der Waals surface area contributed by atoms with Crippen LogP contribution in [0.4, 0.5) is 0 Å². The molecule has 0 bridgehead atoms. The van der Waals surface area contributed by atoms with E-state index in [4.69, 9.17) is 14.5 Å². The molecule has 154 valence electrons. The SMILES string of the molecule is COCC(C)OC(=O)Cn1c(CN(C)C)nc2sc3c(c2c1=O)CCC(C)C3. The monoisotopic (exact) mass is 407 g/mol. The van der Waals surface area contributed by atoms with Gasteiger partial charge in [-0.3, -0.25) is 14.2 Å². The minimum atomic E-state index is -0.453. The van der Waals surface area contributed by atoms with E-state index in [0.717, 1.165) is 29.7 Å². The Labute approximate surface area is 169 Å². The summed E-state index contributed by atoms with van der Waals surface area (Å²) in [7, 11) is 5.39. The van der Waals surface area contributed by atoms with Crippen molar-refractivity contribution in [3.8, 4) is 0 Å². The van der Waals surface area contributed by atoms with Crippen molar-refractivity contribution in [1.29, 1.82) is 0 Å². The number of rotatable bonds is 7. The summed E-state index contributed by atoms with van der Waals surface area (Å²) in [5.74, 6) is 0.761. The quantitative estimate of drug-likeness (QED) is 0.656. The molecule has 0 radical (unpaired) electrons. The molecule has 0 N–H and O–H groups in total. The van der Waals surface area contributed by atoms with Crippen LogP contribution in [0.3, 0.4) is 0 Å². The summed E-state index contributed by atoms with van der Waals surface area (Å²) in [6.07, 6.45) is 2.61. The second-order valence-electron chi connectivity index (χ2n) is 7.94. The van der Waals surface area contributed by atoms with Gasteiger partial charge in [-0.25, -0.2) is 4.98 Å². The minimum absolute atomic E-state index is 0.134. The van der Waals surface area contributed by atoms with Gasteiger partial charge in [0.25, 0.3) is 5.56 Å². The summed E-state index contributed by atoms with van der Waals surface area (Å²) in [5, 5.41) is 0.687. The summed E-state index contributed by atoms with van der Waals surface area (Å²) in [6.45, 7) is 4.67. The summed E-state index contributed by atoms with van der Waals surface area (Å²) in [4.78, 5) is 34.6. The van der Waals surface area contributed by atoms with Crippen LogP contribution >= 0.6 is 11.3 Å². The Kier molecular flexibility index (Phi) is 6.52. The third kappa shape index (κ3) is 4.45. The molecule has 2 heterocycles. The average Bonchev–Trinajstić information content (AvgIpc) is 2.95. The van der Waals surface area contributed by atoms with Gasteiger partial charge in [-0.1, -0.05) is 6.92 Å². The van der Waals surface area contributed by atoms with Crippen molar-refractivity contribution in [1.82, 2.24) is 14.5 Å². The summed E-state index contributed by atoms with van der Waals surface area (Å²) < 4.78 is 11.9. The lowest BCUT2D eigenvalue weighted by Crippen LogP contribution is -2.33. The molecule has 0 aliphatic heterocycles. The number of fused-ring (bicyclic) bond motifs is 3. The van der Waals surface area contributed by atoms with Crippen LogP contribution in [0, 0.1) is 5.92 Å². The van der Waals surface area contributed by atoms with Gasteiger partial charge in [0, 0.05) is 12.0 Å². The zero-order valence-electron chi connectivity index (χ0n) is 17.3. The number of methoxy groups -OCH3 is 1. The van der Waals surface area contributed by atoms with E-state index in [0.29, 0.717) is 30.3 Å². The van der Waals surface area contributed by atoms with E-state index < -0.39 is 5.97 Å². The zero-order valence-corrected chi connectivity index (χ0v) is 18.1. The first kappa shape index (κ1) is 21.0. The Morgan fingerprint density at radius 2 is 2.18 bits per heavy atom. The van der Waals surface area contributed by atoms with E-state index >= 15 is 0 Å². The molecule has 2 unspecified atom stereocenters. The Hall–Kier alpha value is -1.77. The normalized spacial score (nSPS) is 17.7. The first-order valence-electron chi connectivity index (χ1n) is 9.67. The number of aryl methyl sites for hydroxylation is 1. The maximum atomic E-state index is 13.4. The van der Waals surface area contributed by atoms with Crippen LogP contribution in [0.1, 0.15) is 36.5 Å². The van der Waals surface area contributed by atoms with Crippen molar-refractivity contribution < 1.29 is 14.3 Å². The number of nitrogens with zero attached hydrogens (tertiary/aromatic N) is 3. The first-order chi connectivity index (χ1) is 13.3. The van der Waals surface area contributed by atoms with Crippen LogP contribution in [-0.4, -0.2) is 54.3 Å². The van der Waals surface area contributed by atoms with Crippen molar-refractivity contribution >= 4 is 27.5 Å². The maximum absolute atomic E-state index is 13.4. The average molecular weight is 408 g/mol. The summed E-state index contributed by atoms with van der Waals surface area (Å²) in [5.41, 5.74) is 0.993. The third-order valence-corrected chi connectivity index (χ3v) is 6.12. The lowest BCUT2D eigenvalue weighted by Gasteiger charge is -2.18. The number of esters is 1. The van der Waals surface area contributed by atoms with Gasteiger partial charge in [0.1, 0.15) is 23.3 Å². The molecule has 0 aromatic carbocycles. The van der Waals surface area contributed by atoms with Crippen LogP contribution in [0.2, 0.25) is 0 Å². The Balaban J connectivity index is 2.02. The summed E-state index contributed by atoms with van der Waals surface area (Å²) >= 11 is 1.63. The van der Waals surface area contributed by atoms with Gasteiger partial charge < -0.3 is 14.4 Å². The number of thiophene rings is 1. The predicted octanol–water partition coefficient (Wildman–Crippen LogP) is 2.22. The highest BCUT2D eigenvalue weighted by molar-refractivity contribution is 7.18. The molecule has 8 heteroatoms. The molecule has 28 heavy (non-hydrogen) atoms. The molecule has 3 rings (SSSR count). The highest BCUT2D eigenvalue weighted by Crippen LogP contribution is 2.35. The number of ether oxygens (including phenoxy) is 2. The van der Waals surface area contributed by atoms with Gasteiger partial charge in [0.15, 0.2) is 0 Å². The predicted molar refractivity (Wildman–Crippen MR) is 110 cm³/mol. The molecule has 2 atom stereocenters. The van der Waals surface area contributed by atoms with Gasteiger partial charge >= 0.3 is 5.97 Å². The number of aromatic nitrogens is 2. The Morgan fingerprint density at radius 3 is 2.86 bits per heavy atom. The fourth-order valence-corrected chi connectivity index (χ4v) is 5.08.